The maximum Gasteiger partial charge on any atom is 0.165 e. The maximum absolute atomic E-state index is 13.4. The highest BCUT2D eigenvalue weighted by Gasteiger charge is 2.09. The zero-order valence-corrected chi connectivity index (χ0v) is 10.2. The second kappa shape index (κ2) is 5.85. The average molecular weight is 225 g/mol. The van der Waals surface area contributed by atoms with E-state index in [1.165, 1.54) is 13.2 Å². The van der Waals surface area contributed by atoms with E-state index in [9.17, 15) is 4.39 Å². The highest BCUT2D eigenvalue weighted by molar-refractivity contribution is 5.29. The van der Waals surface area contributed by atoms with E-state index in [1.807, 2.05) is 6.07 Å². The normalized spacial score (nSPS) is 12.9. The third-order valence-electron chi connectivity index (χ3n) is 2.49. The van der Waals surface area contributed by atoms with Crippen molar-refractivity contribution in [2.75, 3.05) is 7.11 Å². The van der Waals surface area contributed by atoms with Crippen molar-refractivity contribution in [3.8, 4) is 5.75 Å². The summed E-state index contributed by atoms with van der Waals surface area (Å²) in [6, 6.07) is 5.10. The van der Waals surface area contributed by atoms with Gasteiger partial charge in [0, 0.05) is 6.04 Å². The standard InChI is InChI=1S/C13H20FNO/c1-9(2)6-11(15)7-10-4-5-13(16-3)12(14)8-10/h4-5,8-9,11H,6-7,15H2,1-3H3. The minimum atomic E-state index is -0.322. The van der Waals surface area contributed by atoms with Gasteiger partial charge in [-0.05, 0) is 36.5 Å². The zero-order chi connectivity index (χ0) is 12.1. The van der Waals surface area contributed by atoms with Crippen molar-refractivity contribution in [3.63, 3.8) is 0 Å². The molecule has 1 aromatic carbocycles. The van der Waals surface area contributed by atoms with Gasteiger partial charge in [0.2, 0.25) is 0 Å². The van der Waals surface area contributed by atoms with Crippen LogP contribution >= 0.6 is 0 Å². The van der Waals surface area contributed by atoms with Gasteiger partial charge in [0.15, 0.2) is 11.6 Å². The van der Waals surface area contributed by atoms with Crippen LogP contribution in [-0.4, -0.2) is 13.2 Å². The van der Waals surface area contributed by atoms with Gasteiger partial charge >= 0.3 is 0 Å². The summed E-state index contributed by atoms with van der Waals surface area (Å²) >= 11 is 0. The van der Waals surface area contributed by atoms with Gasteiger partial charge in [0.25, 0.3) is 0 Å². The van der Waals surface area contributed by atoms with Gasteiger partial charge in [-0.1, -0.05) is 19.9 Å². The molecule has 90 valence electrons. The predicted octanol–water partition coefficient (Wildman–Crippen LogP) is 2.75. The van der Waals surface area contributed by atoms with Crippen molar-refractivity contribution in [2.45, 2.75) is 32.7 Å². The van der Waals surface area contributed by atoms with Crippen LogP contribution in [0.4, 0.5) is 4.39 Å². The first-order chi connectivity index (χ1) is 7.52. The van der Waals surface area contributed by atoms with Gasteiger partial charge in [0.05, 0.1) is 7.11 Å². The van der Waals surface area contributed by atoms with E-state index >= 15 is 0 Å². The van der Waals surface area contributed by atoms with Gasteiger partial charge in [0.1, 0.15) is 0 Å². The van der Waals surface area contributed by atoms with Gasteiger partial charge in [-0.15, -0.1) is 0 Å². The molecule has 0 aromatic heterocycles. The summed E-state index contributed by atoms with van der Waals surface area (Å²) in [6.45, 7) is 4.27. The predicted molar refractivity (Wildman–Crippen MR) is 64.1 cm³/mol. The molecule has 0 aliphatic rings. The highest BCUT2D eigenvalue weighted by atomic mass is 19.1. The molecule has 0 saturated carbocycles. The van der Waals surface area contributed by atoms with Crippen LogP contribution in [0.25, 0.3) is 0 Å². The molecule has 0 radical (unpaired) electrons. The number of nitrogens with two attached hydrogens (primary N) is 1. The Kier molecular flexibility index (Phi) is 4.74. The Bertz CT molecular complexity index is 339. The van der Waals surface area contributed by atoms with Crippen molar-refractivity contribution in [3.05, 3.63) is 29.6 Å². The fraction of sp³-hybridized carbons (Fsp3) is 0.538. The molecule has 0 heterocycles. The molecule has 1 rings (SSSR count). The van der Waals surface area contributed by atoms with Crippen molar-refractivity contribution in [1.82, 2.24) is 0 Å². The minimum absolute atomic E-state index is 0.0906. The molecule has 2 N–H and O–H groups in total. The van der Waals surface area contributed by atoms with E-state index in [-0.39, 0.29) is 17.6 Å². The fourth-order valence-corrected chi connectivity index (χ4v) is 1.83. The first-order valence-corrected chi connectivity index (χ1v) is 5.61. The van der Waals surface area contributed by atoms with E-state index in [1.54, 1.807) is 6.07 Å². The van der Waals surface area contributed by atoms with Crippen LogP contribution in [0.2, 0.25) is 0 Å². The molecule has 0 fully saturated rings. The topological polar surface area (TPSA) is 35.2 Å². The van der Waals surface area contributed by atoms with Crippen molar-refractivity contribution < 1.29 is 9.13 Å². The Morgan fingerprint density at radius 2 is 2.06 bits per heavy atom. The Morgan fingerprint density at radius 1 is 1.38 bits per heavy atom. The number of methoxy groups -OCH3 is 1. The van der Waals surface area contributed by atoms with Crippen LogP contribution < -0.4 is 10.5 Å². The number of halogens is 1. The van der Waals surface area contributed by atoms with E-state index in [2.05, 4.69) is 13.8 Å². The molecule has 1 aromatic rings. The molecule has 0 spiro atoms. The molecule has 2 nitrogen and oxygen atoms in total. The summed E-state index contributed by atoms with van der Waals surface area (Å²) in [5, 5.41) is 0. The summed E-state index contributed by atoms with van der Waals surface area (Å²) in [4.78, 5) is 0. The molecule has 0 saturated heterocycles. The summed E-state index contributed by atoms with van der Waals surface area (Å²) in [7, 11) is 1.46. The minimum Gasteiger partial charge on any atom is -0.494 e. The monoisotopic (exact) mass is 225 g/mol. The zero-order valence-electron chi connectivity index (χ0n) is 10.2. The average Bonchev–Trinajstić information content (AvgIpc) is 2.16. The largest absolute Gasteiger partial charge is 0.494 e. The lowest BCUT2D eigenvalue weighted by Gasteiger charge is -2.14. The highest BCUT2D eigenvalue weighted by Crippen LogP contribution is 2.19. The molecular formula is C13H20FNO. The lowest BCUT2D eigenvalue weighted by molar-refractivity contribution is 0.386. The third-order valence-corrected chi connectivity index (χ3v) is 2.49. The van der Waals surface area contributed by atoms with Gasteiger partial charge in [-0.2, -0.15) is 0 Å². The molecule has 16 heavy (non-hydrogen) atoms. The van der Waals surface area contributed by atoms with Crippen LogP contribution in [0.5, 0.6) is 5.75 Å². The molecule has 0 aliphatic heterocycles. The molecule has 0 bridgehead atoms. The second-order valence-corrected chi connectivity index (χ2v) is 4.56. The smallest absolute Gasteiger partial charge is 0.165 e. The lowest BCUT2D eigenvalue weighted by Crippen LogP contribution is -2.24. The van der Waals surface area contributed by atoms with Crippen LogP contribution in [0.1, 0.15) is 25.8 Å². The Labute approximate surface area is 96.6 Å². The van der Waals surface area contributed by atoms with Crippen LogP contribution in [-0.2, 0) is 6.42 Å². The quantitative estimate of drug-likeness (QED) is 0.836. The number of rotatable bonds is 5. The molecule has 0 aliphatic carbocycles. The van der Waals surface area contributed by atoms with Crippen LogP contribution in [0.3, 0.4) is 0 Å². The van der Waals surface area contributed by atoms with Crippen molar-refractivity contribution in [2.24, 2.45) is 11.7 Å². The number of hydrogen-bond acceptors (Lipinski definition) is 2. The fourth-order valence-electron chi connectivity index (χ4n) is 1.83. The van der Waals surface area contributed by atoms with Crippen molar-refractivity contribution >= 4 is 0 Å². The summed E-state index contributed by atoms with van der Waals surface area (Å²) < 4.78 is 18.3. The van der Waals surface area contributed by atoms with Crippen molar-refractivity contribution in [1.29, 1.82) is 0 Å². The summed E-state index contributed by atoms with van der Waals surface area (Å²) in [5.74, 6) is 0.524. The van der Waals surface area contributed by atoms with E-state index < -0.39 is 0 Å². The summed E-state index contributed by atoms with van der Waals surface area (Å²) in [6.07, 6.45) is 1.66. The van der Waals surface area contributed by atoms with Gasteiger partial charge in [-0.3, -0.25) is 0 Å². The third kappa shape index (κ3) is 3.81. The number of hydrogen-bond donors (Lipinski definition) is 1. The Morgan fingerprint density at radius 3 is 2.56 bits per heavy atom. The number of ether oxygens (including phenoxy) is 1. The SMILES string of the molecule is COc1ccc(CC(N)CC(C)C)cc1F. The van der Waals surface area contributed by atoms with Gasteiger partial charge < -0.3 is 10.5 Å². The molecular weight excluding hydrogens is 205 g/mol. The molecule has 1 atom stereocenters. The molecule has 3 heteroatoms. The summed E-state index contributed by atoms with van der Waals surface area (Å²) in [5.41, 5.74) is 6.90. The van der Waals surface area contributed by atoms with Crippen LogP contribution in [0.15, 0.2) is 18.2 Å². The Hall–Kier alpha value is -1.09. The lowest BCUT2D eigenvalue weighted by atomic mass is 9.98. The maximum atomic E-state index is 13.4. The molecule has 1 unspecified atom stereocenters. The van der Waals surface area contributed by atoms with E-state index in [4.69, 9.17) is 10.5 Å². The number of benzene rings is 1. The van der Waals surface area contributed by atoms with E-state index in [0.29, 0.717) is 12.3 Å². The molecule has 0 amide bonds. The van der Waals surface area contributed by atoms with E-state index in [0.717, 1.165) is 12.0 Å². The first kappa shape index (κ1) is 13.0. The first-order valence-electron chi connectivity index (χ1n) is 5.61. The Balaban J connectivity index is 2.64. The second-order valence-electron chi connectivity index (χ2n) is 4.56. The van der Waals surface area contributed by atoms with Crippen LogP contribution in [0, 0.1) is 11.7 Å². The van der Waals surface area contributed by atoms with Gasteiger partial charge in [-0.25, -0.2) is 4.39 Å².